The van der Waals surface area contributed by atoms with E-state index in [0.717, 1.165) is 26.6 Å². The van der Waals surface area contributed by atoms with Gasteiger partial charge in [0.1, 0.15) is 10.1 Å². The van der Waals surface area contributed by atoms with Crippen molar-refractivity contribution in [3.05, 3.63) is 54.7 Å². The molecule has 3 rings (SSSR count). The number of benzene rings is 1. The lowest BCUT2D eigenvalue weighted by Crippen LogP contribution is -1.87. The van der Waals surface area contributed by atoms with Crippen molar-refractivity contribution in [3.8, 4) is 0 Å². The van der Waals surface area contributed by atoms with Gasteiger partial charge in [-0.15, -0.1) is 0 Å². The maximum Gasteiger partial charge on any atom is 0.103 e. The van der Waals surface area contributed by atoms with E-state index < -0.39 is 0 Å². The van der Waals surface area contributed by atoms with Crippen LogP contribution in [0.1, 0.15) is 0 Å². The summed E-state index contributed by atoms with van der Waals surface area (Å²) in [6.45, 7) is 0. The average molecular weight is 253 g/mol. The monoisotopic (exact) mass is 253 g/mol. The summed E-state index contributed by atoms with van der Waals surface area (Å²) >= 11 is 1.55. The van der Waals surface area contributed by atoms with Crippen molar-refractivity contribution in [2.24, 2.45) is 0 Å². The molecule has 0 amide bonds. The van der Waals surface area contributed by atoms with Gasteiger partial charge >= 0.3 is 0 Å². The number of hydrogen-bond acceptors (Lipinski definition) is 4. The lowest BCUT2D eigenvalue weighted by Gasteiger charge is -2.03. The zero-order valence-electron chi connectivity index (χ0n) is 9.58. The Morgan fingerprint density at radius 2 is 1.89 bits per heavy atom. The van der Waals surface area contributed by atoms with E-state index >= 15 is 0 Å². The Balaban J connectivity index is 1.96. The highest BCUT2D eigenvalue weighted by molar-refractivity contribution is 7.99. The highest BCUT2D eigenvalue weighted by atomic mass is 32.2. The third kappa shape index (κ3) is 2.28. The van der Waals surface area contributed by atoms with Gasteiger partial charge in [0, 0.05) is 17.3 Å². The second kappa shape index (κ2) is 4.66. The van der Waals surface area contributed by atoms with E-state index in [0.29, 0.717) is 0 Å². The maximum atomic E-state index is 5.74. The fourth-order valence-electron chi connectivity index (χ4n) is 1.70. The number of pyridine rings is 2. The molecule has 0 radical (unpaired) electrons. The number of anilines is 1. The first-order valence-electron chi connectivity index (χ1n) is 5.56. The van der Waals surface area contributed by atoms with Crippen molar-refractivity contribution in [2.45, 2.75) is 10.1 Å². The molecule has 0 saturated heterocycles. The van der Waals surface area contributed by atoms with E-state index in [1.165, 1.54) is 0 Å². The molecule has 0 aliphatic rings. The summed E-state index contributed by atoms with van der Waals surface area (Å²) in [4.78, 5) is 8.85. The van der Waals surface area contributed by atoms with Gasteiger partial charge < -0.3 is 5.73 Å². The zero-order valence-corrected chi connectivity index (χ0v) is 10.4. The van der Waals surface area contributed by atoms with E-state index in [4.69, 9.17) is 5.73 Å². The number of nitrogens with zero attached hydrogens (tertiary/aromatic N) is 2. The van der Waals surface area contributed by atoms with Gasteiger partial charge in [-0.05, 0) is 36.4 Å². The van der Waals surface area contributed by atoms with Crippen LogP contribution in [0.15, 0.2) is 64.8 Å². The number of nitrogens with two attached hydrogens (primary N) is 1. The van der Waals surface area contributed by atoms with Gasteiger partial charge in [0.25, 0.3) is 0 Å². The van der Waals surface area contributed by atoms with Crippen LogP contribution in [-0.2, 0) is 0 Å². The summed E-state index contributed by atoms with van der Waals surface area (Å²) in [6.07, 6.45) is 1.78. The molecule has 4 heteroatoms. The van der Waals surface area contributed by atoms with Crippen LogP contribution in [0, 0.1) is 0 Å². The molecule has 0 atom stereocenters. The second-order valence-electron chi connectivity index (χ2n) is 3.87. The van der Waals surface area contributed by atoms with Gasteiger partial charge in [0.2, 0.25) is 0 Å². The van der Waals surface area contributed by atoms with E-state index in [9.17, 15) is 0 Å². The molecule has 0 bridgehead atoms. The second-order valence-corrected chi connectivity index (χ2v) is 4.91. The number of fused-ring (bicyclic) bond motifs is 1. The molecule has 0 aliphatic heterocycles. The van der Waals surface area contributed by atoms with Gasteiger partial charge in [0.15, 0.2) is 0 Å². The van der Waals surface area contributed by atoms with Crippen LogP contribution in [-0.4, -0.2) is 9.97 Å². The molecule has 0 aliphatic carbocycles. The summed E-state index contributed by atoms with van der Waals surface area (Å²) in [5.74, 6) is 0. The largest absolute Gasteiger partial charge is 0.399 e. The van der Waals surface area contributed by atoms with Crippen LogP contribution < -0.4 is 5.73 Å². The Morgan fingerprint density at radius 1 is 0.944 bits per heavy atom. The minimum Gasteiger partial charge on any atom is -0.399 e. The van der Waals surface area contributed by atoms with E-state index in [2.05, 4.69) is 9.97 Å². The lowest BCUT2D eigenvalue weighted by atomic mass is 10.2. The summed E-state index contributed by atoms with van der Waals surface area (Å²) in [6, 6.07) is 15.6. The number of aromatic nitrogens is 2. The van der Waals surface area contributed by atoms with Crippen molar-refractivity contribution >= 4 is 28.4 Å². The topological polar surface area (TPSA) is 51.8 Å². The molecule has 0 fully saturated rings. The zero-order chi connectivity index (χ0) is 12.4. The van der Waals surface area contributed by atoms with Crippen LogP contribution >= 0.6 is 11.8 Å². The molecule has 3 aromatic rings. The van der Waals surface area contributed by atoms with Crippen molar-refractivity contribution in [2.75, 3.05) is 5.73 Å². The molecular weight excluding hydrogens is 242 g/mol. The van der Waals surface area contributed by atoms with Gasteiger partial charge in [-0.3, -0.25) is 0 Å². The number of rotatable bonds is 2. The summed E-state index contributed by atoms with van der Waals surface area (Å²) < 4.78 is 0. The Bertz CT molecular complexity index is 683. The van der Waals surface area contributed by atoms with Crippen molar-refractivity contribution in [3.63, 3.8) is 0 Å². The predicted octanol–water partition coefficient (Wildman–Crippen LogP) is 3.36. The molecule has 2 N–H and O–H groups in total. The van der Waals surface area contributed by atoms with Crippen LogP contribution in [0.5, 0.6) is 0 Å². The molecule has 88 valence electrons. The predicted molar refractivity (Wildman–Crippen MR) is 74.5 cm³/mol. The third-order valence-electron chi connectivity index (χ3n) is 2.53. The molecule has 18 heavy (non-hydrogen) atoms. The average Bonchev–Trinajstić information content (AvgIpc) is 2.40. The first-order valence-corrected chi connectivity index (χ1v) is 6.38. The van der Waals surface area contributed by atoms with Crippen molar-refractivity contribution in [1.29, 1.82) is 0 Å². The summed E-state index contributed by atoms with van der Waals surface area (Å²) in [5, 5.41) is 2.94. The van der Waals surface area contributed by atoms with Gasteiger partial charge in [0.05, 0.1) is 5.52 Å². The molecule has 2 aromatic heterocycles. The maximum absolute atomic E-state index is 5.74. The molecule has 2 heterocycles. The smallest absolute Gasteiger partial charge is 0.103 e. The minimum absolute atomic E-state index is 0.759. The number of hydrogen-bond donors (Lipinski definition) is 1. The van der Waals surface area contributed by atoms with Gasteiger partial charge in [-0.25, -0.2) is 9.97 Å². The van der Waals surface area contributed by atoms with Gasteiger partial charge in [-0.2, -0.15) is 0 Å². The quantitative estimate of drug-likeness (QED) is 0.711. The first-order chi connectivity index (χ1) is 8.81. The summed E-state index contributed by atoms with van der Waals surface area (Å²) in [5.41, 5.74) is 7.45. The Morgan fingerprint density at radius 3 is 2.72 bits per heavy atom. The van der Waals surface area contributed by atoms with Crippen LogP contribution in [0.2, 0.25) is 0 Å². The lowest BCUT2D eigenvalue weighted by molar-refractivity contribution is 1.11. The molecule has 0 saturated carbocycles. The minimum atomic E-state index is 0.759. The van der Waals surface area contributed by atoms with Crippen LogP contribution in [0.25, 0.3) is 10.9 Å². The SMILES string of the molecule is Nc1ccc2nc(Sc3ccccn3)ccc2c1. The van der Waals surface area contributed by atoms with Crippen molar-refractivity contribution in [1.82, 2.24) is 9.97 Å². The van der Waals surface area contributed by atoms with E-state index in [1.807, 2.05) is 48.5 Å². The molecule has 0 spiro atoms. The highest BCUT2D eigenvalue weighted by Crippen LogP contribution is 2.26. The van der Waals surface area contributed by atoms with Crippen LogP contribution in [0.3, 0.4) is 0 Å². The fraction of sp³-hybridized carbons (Fsp3) is 0. The van der Waals surface area contributed by atoms with Crippen molar-refractivity contribution < 1.29 is 0 Å². The molecule has 3 nitrogen and oxygen atoms in total. The molecule has 1 aromatic carbocycles. The van der Waals surface area contributed by atoms with Gasteiger partial charge in [-0.1, -0.05) is 23.9 Å². The molecule has 0 unspecified atom stereocenters. The summed E-state index contributed by atoms with van der Waals surface area (Å²) in [7, 11) is 0. The first kappa shape index (κ1) is 11.0. The number of nitrogen functional groups attached to an aromatic ring is 1. The Kier molecular flexibility index (Phi) is 2.86. The Hall–Kier alpha value is -2.07. The normalized spacial score (nSPS) is 10.7. The Labute approximate surface area is 109 Å². The fourth-order valence-corrected chi connectivity index (χ4v) is 2.45. The third-order valence-corrected chi connectivity index (χ3v) is 3.42. The highest BCUT2D eigenvalue weighted by Gasteiger charge is 2.01. The molecular formula is C14H11N3S. The standard InChI is InChI=1S/C14H11N3S/c15-11-5-6-12-10(9-11)4-7-14(17-12)18-13-3-1-2-8-16-13/h1-9H,15H2. The van der Waals surface area contributed by atoms with Crippen LogP contribution in [0.4, 0.5) is 5.69 Å². The van der Waals surface area contributed by atoms with E-state index in [1.54, 1.807) is 18.0 Å². The van der Waals surface area contributed by atoms with E-state index in [-0.39, 0.29) is 0 Å².